The van der Waals surface area contributed by atoms with Gasteiger partial charge in [0.1, 0.15) is 0 Å². The van der Waals surface area contributed by atoms with Crippen LogP contribution in [0.1, 0.15) is 27.2 Å². The highest BCUT2D eigenvalue weighted by molar-refractivity contribution is 4.82. The van der Waals surface area contributed by atoms with Crippen molar-refractivity contribution in [2.24, 2.45) is 5.92 Å². The molecular formula is C14H30N2O2. The molecule has 18 heavy (non-hydrogen) atoms. The molecule has 1 rings (SSSR count). The van der Waals surface area contributed by atoms with Gasteiger partial charge in [-0.2, -0.15) is 0 Å². The van der Waals surface area contributed by atoms with Gasteiger partial charge in [-0.05, 0) is 18.9 Å². The van der Waals surface area contributed by atoms with Crippen LogP contribution in [0.5, 0.6) is 0 Å². The maximum Gasteiger partial charge on any atom is 0.0630 e. The summed E-state index contributed by atoms with van der Waals surface area (Å²) in [4.78, 5) is 2.56. The Labute approximate surface area is 112 Å². The fourth-order valence-electron chi connectivity index (χ4n) is 2.50. The summed E-state index contributed by atoms with van der Waals surface area (Å²) < 4.78 is 11.0. The quantitative estimate of drug-likeness (QED) is 0.713. The second kappa shape index (κ2) is 8.86. The molecule has 4 nitrogen and oxygen atoms in total. The standard InChI is InChI=1S/C14H30N2O2/c1-5-13-11-18-7-6-16(13)14(10-17-4)9-15-8-12(2)3/h12-15H,5-11H2,1-4H3. The first kappa shape index (κ1) is 15.9. The van der Waals surface area contributed by atoms with Gasteiger partial charge in [0, 0.05) is 32.3 Å². The van der Waals surface area contributed by atoms with E-state index in [1.54, 1.807) is 7.11 Å². The minimum absolute atomic E-state index is 0.461. The van der Waals surface area contributed by atoms with Gasteiger partial charge in [-0.3, -0.25) is 4.90 Å². The summed E-state index contributed by atoms with van der Waals surface area (Å²) in [5.74, 6) is 0.694. The monoisotopic (exact) mass is 258 g/mol. The van der Waals surface area contributed by atoms with Crippen LogP contribution in [0.15, 0.2) is 0 Å². The van der Waals surface area contributed by atoms with Crippen molar-refractivity contribution in [2.75, 3.05) is 46.6 Å². The van der Waals surface area contributed by atoms with Crippen molar-refractivity contribution >= 4 is 0 Å². The molecule has 0 aromatic heterocycles. The van der Waals surface area contributed by atoms with Gasteiger partial charge in [-0.15, -0.1) is 0 Å². The fraction of sp³-hybridized carbons (Fsp3) is 1.00. The average Bonchev–Trinajstić information content (AvgIpc) is 2.37. The lowest BCUT2D eigenvalue weighted by Gasteiger charge is -2.40. The zero-order valence-electron chi connectivity index (χ0n) is 12.4. The number of nitrogens with one attached hydrogen (secondary N) is 1. The summed E-state index contributed by atoms with van der Waals surface area (Å²) >= 11 is 0. The summed E-state index contributed by atoms with van der Waals surface area (Å²) in [5, 5.41) is 3.55. The Morgan fingerprint density at radius 3 is 2.78 bits per heavy atom. The summed E-state index contributed by atoms with van der Waals surface area (Å²) in [7, 11) is 1.79. The van der Waals surface area contributed by atoms with E-state index in [1.807, 2.05) is 0 Å². The first-order valence-corrected chi connectivity index (χ1v) is 7.22. The molecule has 0 aromatic carbocycles. The molecule has 1 aliphatic heterocycles. The zero-order valence-corrected chi connectivity index (χ0v) is 12.4. The summed E-state index contributed by atoms with van der Waals surface area (Å²) in [6, 6.07) is 1.00. The van der Waals surface area contributed by atoms with Crippen LogP contribution in [-0.2, 0) is 9.47 Å². The number of rotatable bonds is 8. The minimum atomic E-state index is 0.461. The fourth-order valence-corrected chi connectivity index (χ4v) is 2.50. The van der Waals surface area contributed by atoms with Crippen molar-refractivity contribution in [3.8, 4) is 0 Å². The van der Waals surface area contributed by atoms with Crippen LogP contribution in [-0.4, -0.2) is 63.5 Å². The highest BCUT2D eigenvalue weighted by atomic mass is 16.5. The zero-order chi connectivity index (χ0) is 13.4. The molecule has 2 atom stereocenters. The minimum Gasteiger partial charge on any atom is -0.383 e. The maximum atomic E-state index is 5.57. The van der Waals surface area contributed by atoms with Crippen molar-refractivity contribution in [1.29, 1.82) is 0 Å². The third kappa shape index (κ3) is 5.22. The predicted octanol–water partition coefficient (Wildman–Crippen LogP) is 1.36. The van der Waals surface area contributed by atoms with E-state index in [0.717, 1.165) is 45.9 Å². The van der Waals surface area contributed by atoms with E-state index in [0.29, 0.717) is 18.0 Å². The topological polar surface area (TPSA) is 33.7 Å². The molecule has 2 unspecified atom stereocenters. The van der Waals surface area contributed by atoms with E-state index in [-0.39, 0.29) is 0 Å². The largest absolute Gasteiger partial charge is 0.383 e. The van der Waals surface area contributed by atoms with Crippen LogP contribution in [0.4, 0.5) is 0 Å². The first-order valence-electron chi connectivity index (χ1n) is 7.22. The number of ether oxygens (including phenoxy) is 2. The van der Waals surface area contributed by atoms with Gasteiger partial charge < -0.3 is 14.8 Å². The Hall–Kier alpha value is -0.160. The van der Waals surface area contributed by atoms with Gasteiger partial charge in [0.2, 0.25) is 0 Å². The number of nitrogens with zero attached hydrogens (tertiary/aromatic N) is 1. The predicted molar refractivity (Wildman–Crippen MR) is 75.0 cm³/mol. The third-order valence-corrected chi connectivity index (χ3v) is 3.50. The molecule has 0 aromatic rings. The van der Waals surface area contributed by atoms with Crippen LogP contribution in [0.3, 0.4) is 0 Å². The van der Waals surface area contributed by atoms with E-state index in [9.17, 15) is 0 Å². The van der Waals surface area contributed by atoms with Gasteiger partial charge in [-0.25, -0.2) is 0 Å². The van der Waals surface area contributed by atoms with E-state index < -0.39 is 0 Å². The molecule has 1 heterocycles. The van der Waals surface area contributed by atoms with E-state index in [1.165, 1.54) is 0 Å². The van der Waals surface area contributed by atoms with E-state index in [2.05, 4.69) is 31.0 Å². The van der Waals surface area contributed by atoms with Crippen LogP contribution in [0, 0.1) is 5.92 Å². The number of hydrogen-bond acceptors (Lipinski definition) is 4. The summed E-state index contributed by atoms with van der Waals surface area (Å²) in [6.45, 7) is 12.3. The van der Waals surface area contributed by atoms with Crippen molar-refractivity contribution in [1.82, 2.24) is 10.2 Å². The SMILES string of the molecule is CCC1COCCN1C(CNCC(C)C)COC. The molecule has 0 radical (unpaired) electrons. The van der Waals surface area contributed by atoms with Crippen molar-refractivity contribution in [3.05, 3.63) is 0 Å². The highest BCUT2D eigenvalue weighted by Gasteiger charge is 2.27. The van der Waals surface area contributed by atoms with Crippen molar-refractivity contribution in [3.63, 3.8) is 0 Å². The number of morpholine rings is 1. The lowest BCUT2D eigenvalue weighted by atomic mass is 10.1. The lowest BCUT2D eigenvalue weighted by Crippen LogP contribution is -2.55. The normalized spacial score (nSPS) is 23.5. The Kier molecular flexibility index (Phi) is 7.82. The van der Waals surface area contributed by atoms with E-state index in [4.69, 9.17) is 9.47 Å². The number of methoxy groups -OCH3 is 1. The smallest absolute Gasteiger partial charge is 0.0630 e. The van der Waals surface area contributed by atoms with Gasteiger partial charge in [0.25, 0.3) is 0 Å². The third-order valence-electron chi connectivity index (χ3n) is 3.50. The summed E-state index contributed by atoms with van der Waals surface area (Å²) in [6.07, 6.45) is 1.14. The molecule has 0 amide bonds. The van der Waals surface area contributed by atoms with E-state index >= 15 is 0 Å². The summed E-state index contributed by atoms with van der Waals surface area (Å²) in [5.41, 5.74) is 0. The molecule has 0 spiro atoms. The van der Waals surface area contributed by atoms with Gasteiger partial charge in [0.05, 0.1) is 19.8 Å². The highest BCUT2D eigenvalue weighted by Crippen LogP contribution is 2.14. The molecular weight excluding hydrogens is 228 g/mol. The second-order valence-electron chi connectivity index (χ2n) is 5.54. The van der Waals surface area contributed by atoms with Crippen LogP contribution in [0.2, 0.25) is 0 Å². The van der Waals surface area contributed by atoms with Gasteiger partial charge in [0.15, 0.2) is 0 Å². The Balaban J connectivity index is 2.47. The van der Waals surface area contributed by atoms with Gasteiger partial charge >= 0.3 is 0 Å². The molecule has 1 saturated heterocycles. The first-order chi connectivity index (χ1) is 8.69. The van der Waals surface area contributed by atoms with Crippen LogP contribution in [0.25, 0.3) is 0 Å². The van der Waals surface area contributed by atoms with Crippen molar-refractivity contribution < 1.29 is 9.47 Å². The average molecular weight is 258 g/mol. The molecule has 1 fully saturated rings. The Morgan fingerprint density at radius 2 is 2.17 bits per heavy atom. The maximum absolute atomic E-state index is 5.57. The van der Waals surface area contributed by atoms with Crippen molar-refractivity contribution in [2.45, 2.75) is 39.3 Å². The lowest BCUT2D eigenvalue weighted by molar-refractivity contribution is -0.0445. The van der Waals surface area contributed by atoms with Crippen LogP contribution < -0.4 is 5.32 Å². The Morgan fingerprint density at radius 1 is 1.39 bits per heavy atom. The van der Waals surface area contributed by atoms with Gasteiger partial charge in [-0.1, -0.05) is 20.8 Å². The molecule has 108 valence electrons. The molecule has 0 aliphatic carbocycles. The molecule has 0 saturated carbocycles. The second-order valence-corrected chi connectivity index (χ2v) is 5.54. The molecule has 4 heteroatoms. The molecule has 1 N–H and O–H groups in total. The molecule has 0 bridgehead atoms. The number of hydrogen-bond donors (Lipinski definition) is 1. The van der Waals surface area contributed by atoms with Crippen LogP contribution >= 0.6 is 0 Å². The Bertz CT molecular complexity index is 212. The molecule has 1 aliphatic rings.